The number of benzene rings is 9. The van der Waals surface area contributed by atoms with Crippen LogP contribution >= 0.6 is 177 Å². The van der Waals surface area contributed by atoms with E-state index in [0.717, 1.165) is 16.7 Å². The van der Waals surface area contributed by atoms with Crippen LogP contribution < -0.4 is 49.6 Å². The second kappa shape index (κ2) is 37.4. The maximum atomic E-state index is 5.05. The van der Waals surface area contributed by atoms with Crippen molar-refractivity contribution >= 4 is 223 Å². The molecule has 0 radical (unpaired) electrons. The molecule has 0 bridgehead atoms. The fourth-order valence-electron chi connectivity index (χ4n) is 8.04. The molecule has 0 saturated carbocycles. The Morgan fingerprint density at radius 1 is 0.140 bits per heavy atom. The van der Waals surface area contributed by atoms with E-state index in [-0.39, 0.29) is 49.6 Å². The van der Waals surface area contributed by atoms with Crippen molar-refractivity contribution in [2.75, 3.05) is 0 Å². The maximum absolute atomic E-state index is 5.05. The van der Waals surface area contributed by atoms with Gasteiger partial charge in [-0.05, 0) is 146 Å². The van der Waals surface area contributed by atoms with E-state index in [1.165, 1.54) is 73.7 Å². The summed E-state index contributed by atoms with van der Waals surface area (Å²) in [5, 5.41) is 0. The summed E-state index contributed by atoms with van der Waals surface area (Å²) in [6, 6.07) is 91.6. The molecular weight excluding hydrogens is 2030 g/mol. The van der Waals surface area contributed by atoms with Crippen LogP contribution in [0.5, 0.6) is 0 Å². The van der Waals surface area contributed by atoms with Gasteiger partial charge in [0, 0.05) is 72.8 Å². The summed E-state index contributed by atoms with van der Waals surface area (Å²) in [5.74, 6) is 4.85. The molecule has 28 heteroatoms. The molecule has 0 spiro atoms. The SMILES string of the molecule is [Cl-].[Cl-].[Cl-].[Cl-].[Cl][Sb]([Cl])([Cl])([Cl])[Cl].[Cl][Sb]([Cl])([Cl])([Cl])[Cl].[Cl][Sb]([Cl])([Cl])([Cl])[Cl].[Cl][Sb]([Cl])([Cl])([Cl])[Cl].c1ccc([C+](c2ccccc2)c2ccc([C+](c3ccc([C+](c4ccccc4)c4ccccc4)cc3)c3ccc([C+](c4ccccc4)c4ccccc4)cc3)cc2)cc1. The van der Waals surface area contributed by atoms with Gasteiger partial charge in [0.15, 0.2) is 0 Å². The molecule has 9 aromatic rings. The Labute approximate surface area is 607 Å². The number of hydrogen-bond acceptors (Lipinski definition) is 0. The molecule has 0 heterocycles. The Hall–Kier alpha value is 2.69. The molecule has 462 valence electrons. The van der Waals surface area contributed by atoms with E-state index in [4.69, 9.17) is 177 Å². The Balaban J connectivity index is 0.00000112. The molecule has 0 atom stereocenters. The first kappa shape index (κ1) is 86.7. The number of hydrogen-bond donors (Lipinski definition) is 0. The largest absolute Gasteiger partial charge is 0.0662 e. The van der Waals surface area contributed by atoms with E-state index in [1.54, 1.807) is 0 Å². The molecule has 0 amide bonds. The van der Waals surface area contributed by atoms with Crippen molar-refractivity contribution in [1.29, 1.82) is 0 Å². The minimum absolute atomic E-state index is 0. The number of halogens is 24. The second-order valence-corrected chi connectivity index (χ2v) is 169. The van der Waals surface area contributed by atoms with Crippen LogP contribution in [0.2, 0.25) is 0 Å². The first-order chi connectivity index (χ1) is 37.7. The summed E-state index contributed by atoms with van der Waals surface area (Å²) in [7, 11) is 101. The van der Waals surface area contributed by atoms with E-state index >= 15 is 0 Å². The standard InChI is InChI=1S/C58H42.24ClH.4Sb/c1-7-19-43(20-8-1)55(44-21-9-2-10-22-44)49-31-37-52(38-32-49)58(53-39-33-50(34-40-53)56(45-23-11-3-12-24-45)46-25-13-4-14-26-46)54-41-35-51(36-42-54)57(47-27-15-5-16-28-47)48-29-17-6-18-30-48;;;;;;;;;;;;;;;;;;;;;;;;;;;;/h1-42H;24*1H;;;;/q+4;;;;;;;;;;;;;;;;;;;;;;;;;4*+5/p-24. The minimum Gasteiger partial charge on any atom is -0.0511 e. The fourth-order valence-corrected chi connectivity index (χ4v) is 8.04. The van der Waals surface area contributed by atoms with Crippen molar-refractivity contribution in [2.45, 2.75) is 0 Å². The summed E-state index contributed by atoms with van der Waals surface area (Å²) >= 11 is -17.3. The van der Waals surface area contributed by atoms with Crippen molar-refractivity contribution < 1.29 is 49.6 Å². The summed E-state index contributed by atoms with van der Waals surface area (Å²) in [6.07, 6.45) is 0. The van der Waals surface area contributed by atoms with Gasteiger partial charge in [0.05, 0.1) is 90.4 Å². The molecule has 9 rings (SSSR count). The molecular formula is C58H42Cl24Sb4. The van der Waals surface area contributed by atoms with Gasteiger partial charge in [-0.1, -0.05) is 36.4 Å². The van der Waals surface area contributed by atoms with Gasteiger partial charge in [-0.25, -0.2) is 0 Å². The van der Waals surface area contributed by atoms with Crippen molar-refractivity contribution in [3.05, 3.63) is 345 Å². The van der Waals surface area contributed by atoms with E-state index in [9.17, 15) is 0 Å². The maximum Gasteiger partial charge on any atom is 0.0662 e. The van der Waals surface area contributed by atoms with Gasteiger partial charge in [-0.15, -0.1) is 0 Å². The van der Waals surface area contributed by atoms with Crippen molar-refractivity contribution in [1.82, 2.24) is 0 Å². The van der Waals surface area contributed by atoms with Crippen LogP contribution in [0.25, 0.3) is 0 Å². The first-order valence-corrected chi connectivity index (χ1v) is 88.0. The molecule has 0 aromatic heterocycles. The van der Waals surface area contributed by atoms with Gasteiger partial charge in [-0.3, -0.25) is 0 Å². The molecule has 0 N–H and O–H groups in total. The molecule has 9 aromatic carbocycles. The van der Waals surface area contributed by atoms with Gasteiger partial charge in [-0.2, -0.15) is 0 Å². The molecule has 0 aliphatic rings. The third-order valence-corrected chi connectivity index (χ3v) is 10.8. The monoisotopic (exact) mass is 2060 g/mol. The second-order valence-electron chi connectivity index (χ2n) is 17.0. The third-order valence-electron chi connectivity index (χ3n) is 10.8. The van der Waals surface area contributed by atoms with Crippen molar-refractivity contribution in [3.8, 4) is 0 Å². The van der Waals surface area contributed by atoms with Crippen LogP contribution in [0.15, 0.2) is 255 Å². The molecule has 0 nitrogen and oxygen atoms in total. The van der Waals surface area contributed by atoms with Crippen LogP contribution in [-0.2, 0) is 0 Å². The van der Waals surface area contributed by atoms with Gasteiger partial charge in [0.25, 0.3) is 0 Å². The molecule has 0 aliphatic heterocycles. The predicted molar refractivity (Wildman–Crippen MR) is 380 cm³/mol. The van der Waals surface area contributed by atoms with E-state index in [0.29, 0.717) is 0 Å². The van der Waals surface area contributed by atoms with E-state index in [1.807, 2.05) is 0 Å². The topological polar surface area (TPSA) is 0 Å². The van der Waals surface area contributed by atoms with Crippen LogP contribution in [0.1, 0.15) is 66.8 Å². The van der Waals surface area contributed by atoms with Gasteiger partial charge < -0.3 is 49.6 Å². The van der Waals surface area contributed by atoms with Gasteiger partial charge in [0.2, 0.25) is 0 Å². The summed E-state index contributed by atoms with van der Waals surface area (Å²) in [5.41, 5.74) is 14.2. The van der Waals surface area contributed by atoms with Crippen LogP contribution in [-0.4, -0.2) is 46.8 Å². The van der Waals surface area contributed by atoms with Crippen molar-refractivity contribution in [2.24, 2.45) is 0 Å². The smallest absolute Gasteiger partial charge is 0.0511 e. The Bertz CT molecular complexity index is 2800. The summed E-state index contributed by atoms with van der Waals surface area (Å²) in [6.45, 7) is 0. The fraction of sp³-hybridized carbons (Fsp3) is 0. The Kier molecular flexibility index (Phi) is 37.7. The van der Waals surface area contributed by atoms with Crippen LogP contribution in [0, 0.1) is 23.7 Å². The average molecular weight is 2080 g/mol. The zero-order chi connectivity index (χ0) is 60.7. The minimum atomic E-state index is -4.33. The normalized spacial score (nSPS) is 12.6. The van der Waals surface area contributed by atoms with E-state index in [2.05, 4.69) is 255 Å². The Morgan fingerprint density at radius 2 is 0.209 bits per heavy atom. The predicted octanol–water partition coefficient (Wildman–Crippen LogP) is 14.0. The first-order valence-electron chi connectivity index (χ1n) is 23.3. The van der Waals surface area contributed by atoms with Gasteiger partial charge in [0.1, 0.15) is 0 Å². The molecule has 0 fully saturated rings. The zero-order valence-corrected chi connectivity index (χ0v) is 71.5. The Morgan fingerprint density at radius 3 is 0.291 bits per heavy atom. The molecule has 0 aliphatic carbocycles. The van der Waals surface area contributed by atoms with E-state index < -0.39 is 46.8 Å². The molecule has 0 saturated heterocycles. The average Bonchev–Trinajstić information content (AvgIpc) is 1.64. The summed E-state index contributed by atoms with van der Waals surface area (Å²) in [4.78, 5) is 0. The van der Waals surface area contributed by atoms with Crippen molar-refractivity contribution in [3.63, 3.8) is 0 Å². The summed E-state index contributed by atoms with van der Waals surface area (Å²) < 4.78 is 0. The quantitative estimate of drug-likeness (QED) is 0.0650. The molecule has 86 heavy (non-hydrogen) atoms. The van der Waals surface area contributed by atoms with Crippen LogP contribution in [0.4, 0.5) is 0 Å². The van der Waals surface area contributed by atoms with Gasteiger partial charge >= 0.3 is 223 Å². The number of rotatable bonds is 12. The zero-order valence-electron chi connectivity index (χ0n) is 43.1. The van der Waals surface area contributed by atoms with Crippen LogP contribution in [0.3, 0.4) is 0 Å². The third kappa shape index (κ3) is 38.4. The molecule has 0 unspecified atom stereocenters.